The summed E-state index contributed by atoms with van der Waals surface area (Å²) in [4.78, 5) is 15.2. The minimum absolute atomic E-state index is 0.0550. The van der Waals surface area contributed by atoms with Crippen LogP contribution < -0.4 is 0 Å². The zero-order chi connectivity index (χ0) is 13.0. The molecule has 2 rings (SSSR count). The second-order valence-electron chi connectivity index (χ2n) is 4.38. The number of carbonyl (C=O) groups is 1. The first kappa shape index (κ1) is 12.3. The van der Waals surface area contributed by atoms with E-state index in [1.807, 2.05) is 30.3 Å². The van der Waals surface area contributed by atoms with Gasteiger partial charge in [-0.2, -0.15) is 0 Å². The Morgan fingerprint density at radius 1 is 1.44 bits per heavy atom. The summed E-state index contributed by atoms with van der Waals surface area (Å²) in [6, 6.07) is 9.76. The van der Waals surface area contributed by atoms with E-state index in [1.54, 1.807) is 0 Å². The minimum atomic E-state index is -0.917. The molecule has 2 atom stereocenters. The molecule has 1 amide bonds. The Balaban J connectivity index is 2.19. The predicted octanol–water partition coefficient (Wildman–Crippen LogP) is 2.69. The van der Waals surface area contributed by atoms with Crippen LogP contribution in [-0.4, -0.2) is 35.7 Å². The molecule has 1 saturated heterocycles. The molecule has 0 spiro atoms. The van der Waals surface area contributed by atoms with Gasteiger partial charge in [0.15, 0.2) is 0 Å². The van der Waals surface area contributed by atoms with Gasteiger partial charge in [-0.05, 0) is 17.0 Å². The molecule has 0 saturated carbocycles. The third kappa shape index (κ3) is 2.55. The van der Waals surface area contributed by atoms with Crippen LogP contribution in [0.2, 0.25) is 0 Å². The lowest BCUT2D eigenvalue weighted by molar-refractivity contribution is 0.154. The molecule has 1 heterocycles. The third-order valence-corrected chi connectivity index (χ3v) is 3.32. The highest BCUT2D eigenvalue weighted by atomic mass is 16.4. The van der Waals surface area contributed by atoms with Crippen LogP contribution in [0.1, 0.15) is 11.5 Å². The summed E-state index contributed by atoms with van der Waals surface area (Å²) in [5, 5.41) is 12.6. The second-order valence-corrected chi connectivity index (χ2v) is 4.38. The molecule has 0 radical (unpaired) electrons. The fraction of sp³-hybridized carbons (Fsp3) is 0.417. The summed E-state index contributed by atoms with van der Waals surface area (Å²) in [5.74, 6) is 0.159. The van der Waals surface area contributed by atoms with Gasteiger partial charge in [-0.1, -0.05) is 35.4 Å². The highest BCUT2D eigenvalue weighted by Crippen LogP contribution is 2.32. The summed E-state index contributed by atoms with van der Waals surface area (Å²) in [7, 11) is 0. The van der Waals surface area contributed by atoms with Crippen LogP contribution in [0.4, 0.5) is 4.79 Å². The van der Waals surface area contributed by atoms with Crippen LogP contribution in [0.3, 0.4) is 0 Å². The van der Waals surface area contributed by atoms with E-state index in [0.717, 1.165) is 5.56 Å². The monoisotopic (exact) mass is 246 g/mol. The standard InChI is InChI=1S/C12H14N4O2/c13-15-14-6-10-7-16(12(17)18)8-11(10)9-4-2-1-3-5-9/h1-5,10-11H,6-8H2,(H,17,18). The first-order valence-electron chi connectivity index (χ1n) is 5.76. The van der Waals surface area contributed by atoms with E-state index in [0.29, 0.717) is 19.6 Å². The van der Waals surface area contributed by atoms with Crippen molar-refractivity contribution >= 4 is 6.09 Å². The molecule has 0 aromatic heterocycles. The number of azide groups is 1. The van der Waals surface area contributed by atoms with Crippen LogP contribution in [0.5, 0.6) is 0 Å². The molecule has 6 nitrogen and oxygen atoms in total. The Morgan fingerprint density at radius 2 is 2.17 bits per heavy atom. The first-order chi connectivity index (χ1) is 8.72. The Hall–Kier alpha value is -2.20. The van der Waals surface area contributed by atoms with Gasteiger partial charge in [0.1, 0.15) is 0 Å². The number of benzene rings is 1. The van der Waals surface area contributed by atoms with Crippen molar-refractivity contribution in [3.63, 3.8) is 0 Å². The van der Waals surface area contributed by atoms with Crippen molar-refractivity contribution in [1.82, 2.24) is 4.90 Å². The molecule has 6 heteroatoms. The maximum atomic E-state index is 11.0. The SMILES string of the molecule is [N-]=[N+]=NCC1CN(C(=O)O)CC1c1ccccc1. The fourth-order valence-corrected chi connectivity index (χ4v) is 2.43. The first-order valence-corrected chi connectivity index (χ1v) is 5.76. The van der Waals surface area contributed by atoms with Gasteiger partial charge in [-0.3, -0.25) is 0 Å². The summed E-state index contributed by atoms with van der Waals surface area (Å²) < 4.78 is 0. The summed E-state index contributed by atoms with van der Waals surface area (Å²) in [6.07, 6.45) is -0.917. The highest BCUT2D eigenvalue weighted by Gasteiger charge is 2.35. The number of likely N-dealkylation sites (tertiary alicyclic amines) is 1. The molecule has 94 valence electrons. The average molecular weight is 246 g/mol. The van der Waals surface area contributed by atoms with Crippen LogP contribution in [0.25, 0.3) is 10.4 Å². The molecular weight excluding hydrogens is 232 g/mol. The second kappa shape index (κ2) is 5.42. The molecule has 0 bridgehead atoms. The van der Waals surface area contributed by atoms with Gasteiger partial charge in [0.25, 0.3) is 0 Å². The summed E-state index contributed by atoms with van der Waals surface area (Å²) in [6.45, 7) is 1.22. The number of nitrogens with zero attached hydrogens (tertiary/aromatic N) is 4. The quantitative estimate of drug-likeness (QED) is 0.504. The maximum Gasteiger partial charge on any atom is 0.407 e. The van der Waals surface area contributed by atoms with Gasteiger partial charge in [-0.15, -0.1) is 0 Å². The average Bonchev–Trinajstić information content (AvgIpc) is 2.81. The van der Waals surface area contributed by atoms with Crippen molar-refractivity contribution in [2.75, 3.05) is 19.6 Å². The Labute approximate surface area is 104 Å². The molecule has 0 aliphatic carbocycles. The van der Waals surface area contributed by atoms with Crippen molar-refractivity contribution in [2.24, 2.45) is 11.0 Å². The van der Waals surface area contributed by atoms with Crippen molar-refractivity contribution in [1.29, 1.82) is 0 Å². The van der Waals surface area contributed by atoms with Crippen LogP contribution in [-0.2, 0) is 0 Å². The smallest absolute Gasteiger partial charge is 0.407 e. The number of carboxylic acid groups (broad SMARTS) is 1. The van der Waals surface area contributed by atoms with Crippen LogP contribution in [0, 0.1) is 5.92 Å². The van der Waals surface area contributed by atoms with Gasteiger partial charge in [-0.25, -0.2) is 4.79 Å². The van der Waals surface area contributed by atoms with Crippen LogP contribution in [0.15, 0.2) is 35.4 Å². The van der Waals surface area contributed by atoms with Gasteiger partial charge in [0.2, 0.25) is 0 Å². The molecule has 1 fully saturated rings. The molecule has 1 aliphatic rings. The number of rotatable bonds is 3. The molecule has 1 aromatic carbocycles. The van der Waals surface area contributed by atoms with Gasteiger partial charge in [0, 0.05) is 30.5 Å². The largest absolute Gasteiger partial charge is 0.465 e. The number of hydrogen-bond donors (Lipinski definition) is 1. The molecule has 1 aliphatic heterocycles. The Bertz CT molecular complexity index is 470. The fourth-order valence-electron chi connectivity index (χ4n) is 2.43. The van der Waals surface area contributed by atoms with Gasteiger partial charge >= 0.3 is 6.09 Å². The molecule has 1 aromatic rings. The van der Waals surface area contributed by atoms with E-state index in [2.05, 4.69) is 10.0 Å². The summed E-state index contributed by atoms with van der Waals surface area (Å²) >= 11 is 0. The predicted molar refractivity (Wildman–Crippen MR) is 66.3 cm³/mol. The summed E-state index contributed by atoms with van der Waals surface area (Å²) in [5.41, 5.74) is 9.48. The normalized spacial score (nSPS) is 22.6. The van der Waals surface area contributed by atoms with Crippen molar-refractivity contribution in [3.05, 3.63) is 46.3 Å². The molecular formula is C12H14N4O2. The Kier molecular flexibility index (Phi) is 3.69. The van der Waals surface area contributed by atoms with E-state index < -0.39 is 6.09 Å². The zero-order valence-electron chi connectivity index (χ0n) is 9.81. The van der Waals surface area contributed by atoms with E-state index in [1.165, 1.54) is 4.90 Å². The van der Waals surface area contributed by atoms with Crippen molar-refractivity contribution in [3.8, 4) is 0 Å². The zero-order valence-corrected chi connectivity index (χ0v) is 9.81. The van der Waals surface area contributed by atoms with E-state index in [-0.39, 0.29) is 11.8 Å². The van der Waals surface area contributed by atoms with Gasteiger partial charge < -0.3 is 10.0 Å². The number of amides is 1. The minimum Gasteiger partial charge on any atom is -0.465 e. The van der Waals surface area contributed by atoms with Crippen molar-refractivity contribution < 1.29 is 9.90 Å². The molecule has 2 unspecified atom stereocenters. The number of hydrogen-bond acceptors (Lipinski definition) is 2. The van der Waals surface area contributed by atoms with E-state index in [4.69, 9.17) is 10.6 Å². The van der Waals surface area contributed by atoms with Gasteiger partial charge in [0.05, 0.1) is 0 Å². The highest BCUT2D eigenvalue weighted by molar-refractivity contribution is 5.65. The lowest BCUT2D eigenvalue weighted by Gasteiger charge is -2.15. The van der Waals surface area contributed by atoms with Crippen molar-refractivity contribution in [2.45, 2.75) is 5.92 Å². The maximum absolute atomic E-state index is 11.0. The Morgan fingerprint density at radius 3 is 2.78 bits per heavy atom. The van der Waals surface area contributed by atoms with Crippen LogP contribution >= 0.6 is 0 Å². The molecule has 1 N–H and O–H groups in total. The third-order valence-electron chi connectivity index (χ3n) is 3.32. The lowest BCUT2D eigenvalue weighted by atomic mass is 9.89. The van der Waals surface area contributed by atoms with E-state index in [9.17, 15) is 4.79 Å². The lowest BCUT2D eigenvalue weighted by Crippen LogP contribution is -2.27. The topological polar surface area (TPSA) is 89.3 Å². The molecule has 18 heavy (non-hydrogen) atoms. The van der Waals surface area contributed by atoms with E-state index >= 15 is 0 Å².